The second-order valence-corrected chi connectivity index (χ2v) is 10.9. The Morgan fingerprint density at radius 2 is 1.76 bits per heavy atom. The Hall–Kier alpha value is -2.59. The highest BCUT2D eigenvalue weighted by Gasteiger charge is 2.40. The topological polar surface area (TPSA) is 59.5 Å². The van der Waals surface area contributed by atoms with Crippen LogP contribution >= 0.6 is 11.3 Å². The monoisotopic (exact) mass is 496 g/mol. The van der Waals surface area contributed by atoms with Crippen molar-refractivity contribution in [2.24, 2.45) is 0 Å². The zero-order valence-corrected chi connectivity index (χ0v) is 19.5. The van der Waals surface area contributed by atoms with Crippen LogP contribution in [-0.2, 0) is 22.4 Å². The average Bonchev–Trinajstić information content (AvgIpc) is 3.27. The molecule has 33 heavy (non-hydrogen) atoms. The lowest BCUT2D eigenvalue weighted by Crippen LogP contribution is -2.39. The van der Waals surface area contributed by atoms with Gasteiger partial charge in [-0.2, -0.15) is 13.2 Å². The Balaban J connectivity index is 1.42. The number of nitrogens with zero attached hydrogens (tertiary/aromatic N) is 2. The van der Waals surface area contributed by atoms with E-state index in [9.17, 15) is 21.6 Å². The maximum absolute atomic E-state index is 13.3. The van der Waals surface area contributed by atoms with Gasteiger partial charge in [0.05, 0.1) is 28.5 Å². The van der Waals surface area contributed by atoms with Gasteiger partial charge in [-0.3, -0.25) is 0 Å². The summed E-state index contributed by atoms with van der Waals surface area (Å²) in [6.07, 6.45) is -3.55. The van der Waals surface area contributed by atoms with Crippen LogP contribution in [0.1, 0.15) is 29.7 Å². The van der Waals surface area contributed by atoms with Crippen LogP contribution in [0.2, 0.25) is 0 Å². The largest absolute Gasteiger partial charge is 0.497 e. The number of piperidine rings is 1. The SMILES string of the molecule is COc1ccc(Cc2csc(N3CCC(S(=O)(=O)c4ccccc4C(F)(F)F)CC3)n2)cc1. The number of benzene rings is 2. The van der Waals surface area contributed by atoms with Crippen molar-refractivity contribution < 1.29 is 26.3 Å². The highest BCUT2D eigenvalue weighted by molar-refractivity contribution is 7.92. The first kappa shape index (κ1) is 23.6. The standard InChI is InChI=1S/C23H23F3N2O3S2/c1-31-18-8-6-16(7-9-18)14-17-15-32-22(27-17)28-12-10-19(11-13-28)33(29,30)21-5-3-2-4-20(21)23(24,25)26/h2-9,15,19H,10-14H2,1H3. The van der Waals surface area contributed by atoms with Crippen molar-refractivity contribution in [3.8, 4) is 5.75 Å². The highest BCUT2D eigenvalue weighted by Crippen LogP contribution is 2.37. The number of rotatable bonds is 6. The predicted octanol–water partition coefficient (Wildman–Crippen LogP) is 5.20. The molecule has 2 heterocycles. The number of halogens is 3. The molecule has 10 heteroatoms. The van der Waals surface area contributed by atoms with Gasteiger partial charge in [-0.05, 0) is 42.7 Å². The number of thiazole rings is 1. The van der Waals surface area contributed by atoms with E-state index in [0.717, 1.165) is 34.3 Å². The van der Waals surface area contributed by atoms with E-state index < -0.39 is 31.7 Å². The van der Waals surface area contributed by atoms with Crippen LogP contribution in [0.5, 0.6) is 5.75 Å². The highest BCUT2D eigenvalue weighted by atomic mass is 32.2. The maximum Gasteiger partial charge on any atom is 0.417 e. The molecule has 3 aromatic rings. The van der Waals surface area contributed by atoms with Crippen LogP contribution in [0.3, 0.4) is 0 Å². The number of aromatic nitrogens is 1. The number of hydrogen-bond donors (Lipinski definition) is 0. The zero-order valence-electron chi connectivity index (χ0n) is 17.9. The van der Waals surface area contributed by atoms with Crippen molar-refractivity contribution in [1.29, 1.82) is 0 Å². The lowest BCUT2D eigenvalue weighted by atomic mass is 10.1. The molecule has 0 amide bonds. The lowest BCUT2D eigenvalue weighted by molar-refractivity contribution is -0.139. The molecule has 2 aromatic carbocycles. The Morgan fingerprint density at radius 1 is 1.09 bits per heavy atom. The summed E-state index contributed by atoms with van der Waals surface area (Å²) in [6.45, 7) is 0.848. The van der Waals surface area contributed by atoms with Gasteiger partial charge in [0.15, 0.2) is 15.0 Å². The molecule has 0 N–H and O–H groups in total. The molecule has 1 aromatic heterocycles. The summed E-state index contributed by atoms with van der Waals surface area (Å²) in [5.74, 6) is 0.786. The van der Waals surface area contributed by atoms with Crippen molar-refractivity contribution in [2.75, 3.05) is 25.1 Å². The van der Waals surface area contributed by atoms with E-state index in [-0.39, 0.29) is 12.8 Å². The van der Waals surface area contributed by atoms with E-state index in [0.29, 0.717) is 19.5 Å². The van der Waals surface area contributed by atoms with E-state index >= 15 is 0 Å². The molecule has 4 rings (SSSR count). The Bertz CT molecular complexity index is 1200. The smallest absolute Gasteiger partial charge is 0.417 e. The van der Waals surface area contributed by atoms with E-state index in [2.05, 4.69) is 4.98 Å². The Morgan fingerprint density at radius 3 is 2.39 bits per heavy atom. The third kappa shape index (κ3) is 5.16. The van der Waals surface area contributed by atoms with Crippen LogP contribution in [0.15, 0.2) is 58.8 Å². The molecule has 0 unspecified atom stereocenters. The fraction of sp³-hybridized carbons (Fsp3) is 0.348. The molecule has 0 radical (unpaired) electrons. The predicted molar refractivity (Wildman–Crippen MR) is 122 cm³/mol. The quantitative estimate of drug-likeness (QED) is 0.469. The molecule has 0 atom stereocenters. The molecular formula is C23H23F3N2O3S2. The molecular weight excluding hydrogens is 473 g/mol. The fourth-order valence-corrected chi connectivity index (χ4v) is 6.79. The summed E-state index contributed by atoms with van der Waals surface area (Å²) in [4.78, 5) is 6.05. The molecule has 1 aliphatic heterocycles. The van der Waals surface area contributed by atoms with Crippen LogP contribution in [0.4, 0.5) is 18.3 Å². The van der Waals surface area contributed by atoms with Crippen LogP contribution in [0.25, 0.3) is 0 Å². The molecule has 0 saturated carbocycles. The van der Waals surface area contributed by atoms with E-state index in [1.807, 2.05) is 34.5 Å². The first-order valence-corrected chi connectivity index (χ1v) is 12.8. The summed E-state index contributed by atoms with van der Waals surface area (Å²) in [7, 11) is -2.48. The van der Waals surface area contributed by atoms with E-state index in [4.69, 9.17) is 4.74 Å². The number of sulfone groups is 1. The minimum Gasteiger partial charge on any atom is -0.497 e. The molecule has 1 aliphatic rings. The minimum absolute atomic E-state index is 0.252. The van der Waals surface area contributed by atoms with Gasteiger partial charge in [-0.1, -0.05) is 24.3 Å². The number of ether oxygens (including phenoxy) is 1. The van der Waals surface area contributed by atoms with Gasteiger partial charge < -0.3 is 9.64 Å². The van der Waals surface area contributed by atoms with Crippen molar-refractivity contribution in [1.82, 2.24) is 4.98 Å². The van der Waals surface area contributed by atoms with Crippen LogP contribution < -0.4 is 9.64 Å². The molecule has 1 saturated heterocycles. The molecule has 1 fully saturated rings. The summed E-state index contributed by atoms with van der Waals surface area (Å²) < 4.78 is 71.2. The summed E-state index contributed by atoms with van der Waals surface area (Å²) >= 11 is 1.49. The summed E-state index contributed by atoms with van der Waals surface area (Å²) in [5.41, 5.74) is 0.908. The zero-order chi connectivity index (χ0) is 23.6. The molecule has 0 aliphatic carbocycles. The minimum atomic E-state index is -4.72. The van der Waals surface area contributed by atoms with Gasteiger partial charge in [0.1, 0.15) is 5.75 Å². The molecule has 0 spiro atoms. The van der Waals surface area contributed by atoms with E-state index in [1.54, 1.807) is 7.11 Å². The normalized spacial score (nSPS) is 15.6. The molecule has 5 nitrogen and oxygen atoms in total. The van der Waals surface area contributed by atoms with E-state index in [1.165, 1.54) is 23.5 Å². The van der Waals surface area contributed by atoms with Crippen molar-refractivity contribution in [3.05, 3.63) is 70.7 Å². The molecule has 0 bridgehead atoms. The fourth-order valence-electron chi connectivity index (χ4n) is 3.96. The van der Waals surface area contributed by atoms with Gasteiger partial charge in [-0.25, -0.2) is 13.4 Å². The van der Waals surface area contributed by atoms with Gasteiger partial charge in [0.25, 0.3) is 0 Å². The average molecular weight is 497 g/mol. The number of methoxy groups -OCH3 is 1. The second kappa shape index (κ2) is 9.34. The summed E-state index contributed by atoms with van der Waals surface area (Å²) in [5, 5.41) is 1.92. The maximum atomic E-state index is 13.3. The van der Waals surface area contributed by atoms with Crippen LogP contribution in [0, 0.1) is 0 Å². The number of hydrogen-bond acceptors (Lipinski definition) is 6. The third-order valence-corrected chi connectivity index (χ3v) is 9.00. The van der Waals surface area contributed by atoms with Gasteiger partial charge in [0, 0.05) is 24.9 Å². The van der Waals surface area contributed by atoms with Gasteiger partial charge in [-0.15, -0.1) is 11.3 Å². The van der Waals surface area contributed by atoms with Crippen molar-refractivity contribution >= 4 is 26.3 Å². The number of anilines is 1. The first-order valence-electron chi connectivity index (χ1n) is 10.4. The first-order chi connectivity index (χ1) is 15.7. The van der Waals surface area contributed by atoms with Gasteiger partial charge in [0.2, 0.25) is 0 Å². The lowest BCUT2D eigenvalue weighted by Gasteiger charge is -2.31. The second-order valence-electron chi connectivity index (χ2n) is 7.87. The molecule has 176 valence electrons. The Kier molecular flexibility index (Phi) is 6.67. The number of alkyl halides is 3. The van der Waals surface area contributed by atoms with Crippen molar-refractivity contribution in [2.45, 2.75) is 35.6 Å². The van der Waals surface area contributed by atoms with Crippen LogP contribution in [-0.4, -0.2) is 38.9 Å². The summed E-state index contributed by atoms with van der Waals surface area (Å²) in [6, 6.07) is 12.2. The van der Waals surface area contributed by atoms with Gasteiger partial charge >= 0.3 is 6.18 Å². The van der Waals surface area contributed by atoms with Crippen molar-refractivity contribution in [3.63, 3.8) is 0 Å². The third-order valence-electron chi connectivity index (χ3n) is 5.73. The Labute approximate surface area is 194 Å².